The van der Waals surface area contributed by atoms with Crippen molar-refractivity contribution in [2.45, 2.75) is 44.7 Å². The highest BCUT2D eigenvalue weighted by molar-refractivity contribution is 7.99. The minimum atomic E-state index is -0.133. The van der Waals surface area contributed by atoms with Crippen LogP contribution >= 0.6 is 11.8 Å². The van der Waals surface area contributed by atoms with E-state index in [0.29, 0.717) is 18.0 Å². The maximum absolute atomic E-state index is 13.5. The summed E-state index contributed by atoms with van der Waals surface area (Å²) in [5.74, 6) is 2.65. The predicted molar refractivity (Wildman–Crippen MR) is 110 cm³/mol. The molecule has 0 unspecified atom stereocenters. The van der Waals surface area contributed by atoms with E-state index in [4.69, 9.17) is 0 Å². The SMILES string of the molecule is CC[C@@]1(C(=O)N2CCSCC2)C[C@@H]2CC[C@H]1N2CC=Cc1ccccc1. The third kappa shape index (κ3) is 3.22. The fourth-order valence-electron chi connectivity index (χ4n) is 5.30. The second kappa shape index (κ2) is 7.77. The summed E-state index contributed by atoms with van der Waals surface area (Å²) >= 11 is 1.98. The molecule has 140 valence electrons. The zero-order valence-corrected chi connectivity index (χ0v) is 16.6. The Morgan fingerprint density at radius 2 is 2.00 bits per heavy atom. The molecule has 0 saturated carbocycles. The lowest BCUT2D eigenvalue weighted by Crippen LogP contribution is -2.52. The third-order valence-corrected chi connectivity index (χ3v) is 7.60. The smallest absolute Gasteiger partial charge is 0.230 e. The Bertz CT molecular complexity index is 655. The molecule has 0 radical (unpaired) electrons. The third-order valence-electron chi connectivity index (χ3n) is 6.66. The molecule has 1 aromatic rings. The summed E-state index contributed by atoms with van der Waals surface area (Å²) in [5.41, 5.74) is 1.12. The van der Waals surface area contributed by atoms with Gasteiger partial charge in [-0.15, -0.1) is 0 Å². The van der Waals surface area contributed by atoms with Gasteiger partial charge in [-0.25, -0.2) is 0 Å². The maximum Gasteiger partial charge on any atom is 0.230 e. The van der Waals surface area contributed by atoms with Crippen molar-refractivity contribution in [2.24, 2.45) is 5.41 Å². The van der Waals surface area contributed by atoms with Crippen LogP contribution in [0.1, 0.15) is 38.2 Å². The highest BCUT2D eigenvalue weighted by atomic mass is 32.2. The van der Waals surface area contributed by atoms with Gasteiger partial charge >= 0.3 is 0 Å². The Kier molecular flexibility index (Phi) is 5.42. The summed E-state index contributed by atoms with van der Waals surface area (Å²) in [6, 6.07) is 11.5. The molecule has 2 bridgehead atoms. The Morgan fingerprint density at radius 3 is 2.73 bits per heavy atom. The van der Waals surface area contributed by atoms with Crippen molar-refractivity contribution in [3.05, 3.63) is 42.0 Å². The molecular formula is C22H30N2OS. The van der Waals surface area contributed by atoms with E-state index in [2.05, 4.69) is 59.2 Å². The lowest BCUT2D eigenvalue weighted by atomic mass is 9.70. The van der Waals surface area contributed by atoms with Gasteiger partial charge in [0, 0.05) is 43.2 Å². The monoisotopic (exact) mass is 370 g/mol. The summed E-state index contributed by atoms with van der Waals surface area (Å²) in [6.45, 7) is 5.08. The van der Waals surface area contributed by atoms with Gasteiger partial charge in [0.25, 0.3) is 0 Å². The number of fused-ring (bicyclic) bond motifs is 2. The zero-order valence-electron chi connectivity index (χ0n) is 15.8. The molecule has 3 fully saturated rings. The number of hydrogen-bond donors (Lipinski definition) is 0. The number of rotatable bonds is 5. The Hall–Kier alpha value is -1.26. The number of carbonyl (C=O) groups is 1. The van der Waals surface area contributed by atoms with Crippen molar-refractivity contribution in [3.8, 4) is 0 Å². The fraction of sp³-hybridized carbons (Fsp3) is 0.591. The first kappa shape index (κ1) is 18.1. The van der Waals surface area contributed by atoms with Gasteiger partial charge in [-0.1, -0.05) is 49.4 Å². The molecule has 1 aromatic carbocycles. The van der Waals surface area contributed by atoms with Crippen LogP contribution in [-0.2, 0) is 4.79 Å². The van der Waals surface area contributed by atoms with E-state index >= 15 is 0 Å². The molecule has 3 saturated heterocycles. The van der Waals surface area contributed by atoms with Crippen LogP contribution in [0.25, 0.3) is 6.08 Å². The van der Waals surface area contributed by atoms with Crippen LogP contribution in [0, 0.1) is 5.41 Å². The van der Waals surface area contributed by atoms with Gasteiger partial charge in [-0.2, -0.15) is 11.8 Å². The number of nitrogens with zero attached hydrogens (tertiary/aromatic N) is 2. The summed E-state index contributed by atoms with van der Waals surface area (Å²) in [5, 5.41) is 0. The van der Waals surface area contributed by atoms with Gasteiger partial charge in [-0.05, 0) is 31.2 Å². The Morgan fingerprint density at radius 1 is 1.23 bits per heavy atom. The average molecular weight is 371 g/mol. The highest BCUT2D eigenvalue weighted by Crippen LogP contribution is 2.52. The Balaban J connectivity index is 1.47. The molecule has 3 aliphatic rings. The Labute approximate surface area is 161 Å². The van der Waals surface area contributed by atoms with Crippen LogP contribution < -0.4 is 0 Å². The van der Waals surface area contributed by atoms with Crippen LogP contribution in [0.2, 0.25) is 0 Å². The molecule has 0 aromatic heterocycles. The van der Waals surface area contributed by atoms with Crippen LogP contribution in [0.3, 0.4) is 0 Å². The topological polar surface area (TPSA) is 23.6 Å². The minimum Gasteiger partial charge on any atom is -0.341 e. The molecule has 4 heteroatoms. The minimum absolute atomic E-state index is 0.133. The van der Waals surface area contributed by atoms with Gasteiger partial charge in [0.05, 0.1) is 5.41 Å². The van der Waals surface area contributed by atoms with E-state index in [-0.39, 0.29) is 5.41 Å². The van der Waals surface area contributed by atoms with Crippen molar-refractivity contribution >= 4 is 23.7 Å². The van der Waals surface area contributed by atoms with Crippen molar-refractivity contribution in [1.82, 2.24) is 9.80 Å². The number of thioether (sulfide) groups is 1. The van der Waals surface area contributed by atoms with Crippen LogP contribution in [0.5, 0.6) is 0 Å². The summed E-state index contributed by atoms with van der Waals surface area (Å²) in [6.07, 6.45) is 9.00. The van der Waals surface area contributed by atoms with Crippen molar-refractivity contribution in [2.75, 3.05) is 31.1 Å². The van der Waals surface area contributed by atoms with Gasteiger partial charge in [0.2, 0.25) is 5.91 Å². The second-order valence-corrected chi connectivity index (χ2v) is 9.10. The van der Waals surface area contributed by atoms with Crippen molar-refractivity contribution < 1.29 is 4.79 Å². The molecule has 0 aliphatic carbocycles. The molecule has 3 aliphatic heterocycles. The quantitative estimate of drug-likeness (QED) is 0.785. The molecular weight excluding hydrogens is 340 g/mol. The van der Waals surface area contributed by atoms with E-state index in [0.717, 1.165) is 44.0 Å². The highest BCUT2D eigenvalue weighted by Gasteiger charge is 2.59. The van der Waals surface area contributed by atoms with E-state index in [1.807, 2.05) is 11.8 Å². The van der Waals surface area contributed by atoms with E-state index in [1.165, 1.54) is 18.4 Å². The van der Waals surface area contributed by atoms with Gasteiger partial charge in [-0.3, -0.25) is 9.69 Å². The molecule has 0 N–H and O–H groups in total. The number of carbonyl (C=O) groups excluding carboxylic acids is 1. The maximum atomic E-state index is 13.5. The first-order chi connectivity index (χ1) is 12.7. The zero-order chi connectivity index (χ0) is 18.0. The van der Waals surface area contributed by atoms with Crippen LogP contribution in [0.15, 0.2) is 36.4 Å². The standard InChI is InChI=1S/C22H30N2OS/c1-2-22(21(25)23-13-15-26-16-14-23)17-19-10-11-20(22)24(19)12-6-9-18-7-4-3-5-8-18/h3-9,19-20H,2,10-17H2,1H3/t19-,20+,22+/m0/s1. The summed E-state index contributed by atoms with van der Waals surface area (Å²) < 4.78 is 0. The number of hydrogen-bond acceptors (Lipinski definition) is 3. The molecule has 3 nitrogen and oxygen atoms in total. The van der Waals surface area contributed by atoms with Crippen LogP contribution in [-0.4, -0.2) is 58.9 Å². The fourth-order valence-corrected chi connectivity index (χ4v) is 6.20. The van der Waals surface area contributed by atoms with Gasteiger partial charge in [0.15, 0.2) is 0 Å². The predicted octanol–water partition coefficient (Wildman–Crippen LogP) is 3.91. The van der Waals surface area contributed by atoms with E-state index in [9.17, 15) is 4.79 Å². The van der Waals surface area contributed by atoms with Gasteiger partial charge < -0.3 is 4.90 Å². The largest absolute Gasteiger partial charge is 0.341 e. The second-order valence-electron chi connectivity index (χ2n) is 7.88. The van der Waals surface area contributed by atoms with Crippen molar-refractivity contribution in [3.63, 3.8) is 0 Å². The molecule has 3 heterocycles. The summed E-state index contributed by atoms with van der Waals surface area (Å²) in [7, 11) is 0. The lowest BCUT2D eigenvalue weighted by Gasteiger charge is -2.40. The number of benzene rings is 1. The summed E-state index contributed by atoms with van der Waals surface area (Å²) in [4.78, 5) is 18.2. The van der Waals surface area contributed by atoms with Crippen molar-refractivity contribution in [1.29, 1.82) is 0 Å². The van der Waals surface area contributed by atoms with Gasteiger partial charge in [0.1, 0.15) is 0 Å². The molecule has 3 atom stereocenters. The normalized spacial score (nSPS) is 31.8. The van der Waals surface area contributed by atoms with E-state index in [1.54, 1.807) is 0 Å². The first-order valence-corrected chi connectivity index (χ1v) is 11.2. The lowest BCUT2D eigenvalue weighted by molar-refractivity contribution is -0.144. The molecule has 0 spiro atoms. The molecule has 4 rings (SSSR count). The molecule has 26 heavy (non-hydrogen) atoms. The molecule has 1 amide bonds. The first-order valence-electron chi connectivity index (χ1n) is 10.1. The van der Waals surface area contributed by atoms with Crippen LogP contribution in [0.4, 0.5) is 0 Å². The average Bonchev–Trinajstić information content (AvgIpc) is 3.24. The van der Waals surface area contributed by atoms with E-state index < -0.39 is 0 Å². The number of amides is 1.